The highest BCUT2D eigenvalue weighted by atomic mass is 16.6. The summed E-state index contributed by atoms with van der Waals surface area (Å²) in [6.45, 7) is 6.55. The van der Waals surface area contributed by atoms with Crippen LogP contribution in [0.1, 0.15) is 342 Å². The maximum absolute atomic E-state index is 12.9. The Balaban J connectivity index is 4.35. The Morgan fingerprint density at radius 3 is 0.792 bits per heavy atom. The van der Waals surface area contributed by atoms with Crippen LogP contribution >= 0.6 is 0 Å². The monoisotopic (exact) mass is 1070 g/mol. The topological polar surface area (TPSA) is 78.9 Å². The summed E-state index contributed by atoms with van der Waals surface area (Å²) >= 11 is 0. The number of rotatable bonds is 61. The number of unbranched alkanes of at least 4 members (excludes halogenated alkanes) is 38. The summed E-state index contributed by atoms with van der Waals surface area (Å²) in [4.78, 5) is 38.4. The zero-order chi connectivity index (χ0) is 55.7. The molecule has 6 heteroatoms. The van der Waals surface area contributed by atoms with Crippen LogP contribution in [-0.4, -0.2) is 37.2 Å². The summed E-state index contributed by atoms with van der Waals surface area (Å²) in [6, 6.07) is 0. The average Bonchev–Trinajstić information content (AvgIpc) is 3.43. The Kier molecular flexibility index (Phi) is 62.7. The number of carbonyl (C=O) groups is 3. The molecular formula is C71H126O6. The molecule has 0 aliphatic carbocycles. The van der Waals surface area contributed by atoms with E-state index in [-0.39, 0.29) is 31.1 Å². The SMILES string of the molecule is CC/C=C\C/C=C\C/C=C\CCCCCCCC(=O)OCC(COC(=O)CCCCCCCCCC/C=C\C/C=C\C/C=C\CCCCCCC)OC(=O)CCCCCCCCCCCCCCCCCCCCCCC. The van der Waals surface area contributed by atoms with E-state index in [0.717, 1.165) is 116 Å². The average molecular weight is 1080 g/mol. The molecule has 0 bridgehead atoms. The van der Waals surface area contributed by atoms with Gasteiger partial charge in [0.05, 0.1) is 0 Å². The molecule has 77 heavy (non-hydrogen) atoms. The zero-order valence-corrected chi connectivity index (χ0v) is 51.2. The van der Waals surface area contributed by atoms with Gasteiger partial charge in [-0.3, -0.25) is 14.4 Å². The predicted molar refractivity (Wildman–Crippen MR) is 335 cm³/mol. The Bertz CT molecular complexity index is 1420. The molecule has 0 aromatic carbocycles. The Morgan fingerprint density at radius 1 is 0.273 bits per heavy atom. The standard InChI is InChI=1S/C71H126O6/c1-4-7-10-13-16-19-22-25-28-30-32-34-35-37-38-40-43-46-49-52-55-58-61-64-70(73)76-67-68(66-75-69(72)63-60-57-54-51-48-45-42-27-24-21-18-15-12-9-6-3)77-71(74)65-62-59-56-53-50-47-44-41-39-36-33-31-29-26-23-20-17-14-11-8-5-2/h9,12,18,21-22,25,27,30,32,35,37,42,68H,4-8,10-11,13-17,19-20,23-24,26,28-29,31,33-34,36,38-41,43-67H2,1-3H3/b12-9-,21-18-,25-22-,32-30-,37-35-,42-27-. The van der Waals surface area contributed by atoms with Crippen LogP contribution < -0.4 is 0 Å². The number of hydrogen-bond acceptors (Lipinski definition) is 6. The van der Waals surface area contributed by atoms with Crippen LogP contribution in [0.5, 0.6) is 0 Å². The highest BCUT2D eigenvalue weighted by Crippen LogP contribution is 2.17. The van der Waals surface area contributed by atoms with Crippen LogP contribution in [0.2, 0.25) is 0 Å². The molecule has 0 aromatic heterocycles. The second-order valence-electron chi connectivity index (χ2n) is 22.4. The second kappa shape index (κ2) is 65.4. The van der Waals surface area contributed by atoms with E-state index in [2.05, 4.69) is 93.7 Å². The summed E-state index contributed by atoms with van der Waals surface area (Å²) < 4.78 is 17.0. The zero-order valence-electron chi connectivity index (χ0n) is 51.2. The molecule has 0 fully saturated rings. The third-order valence-electron chi connectivity index (χ3n) is 14.7. The van der Waals surface area contributed by atoms with Crippen LogP contribution in [0, 0.1) is 0 Å². The largest absolute Gasteiger partial charge is 0.462 e. The van der Waals surface area contributed by atoms with Gasteiger partial charge in [-0.15, -0.1) is 0 Å². The summed E-state index contributed by atoms with van der Waals surface area (Å²) in [5, 5.41) is 0. The van der Waals surface area contributed by atoms with Gasteiger partial charge in [-0.2, -0.15) is 0 Å². The highest BCUT2D eigenvalue weighted by molar-refractivity contribution is 5.71. The van der Waals surface area contributed by atoms with Gasteiger partial charge in [0.15, 0.2) is 6.10 Å². The second-order valence-corrected chi connectivity index (χ2v) is 22.4. The van der Waals surface area contributed by atoms with Crippen molar-refractivity contribution in [3.8, 4) is 0 Å². The van der Waals surface area contributed by atoms with Crippen molar-refractivity contribution in [1.29, 1.82) is 0 Å². The molecule has 0 saturated heterocycles. The lowest BCUT2D eigenvalue weighted by Crippen LogP contribution is -2.30. The van der Waals surface area contributed by atoms with E-state index in [9.17, 15) is 14.4 Å². The summed E-state index contributed by atoms with van der Waals surface area (Å²) in [7, 11) is 0. The normalized spacial score (nSPS) is 12.5. The molecule has 0 spiro atoms. The lowest BCUT2D eigenvalue weighted by molar-refractivity contribution is -0.167. The van der Waals surface area contributed by atoms with Gasteiger partial charge in [0.25, 0.3) is 0 Å². The first-order valence-electron chi connectivity index (χ1n) is 33.4. The highest BCUT2D eigenvalue weighted by Gasteiger charge is 2.19. The molecule has 0 aliphatic heterocycles. The van der Waals surface area contributed by atoms with E-state index in [1.807, 2.05) is 0 Å². The first-order valence-corrected chi connectivity index (χ1v) is 33.4. The first kappa shape index (κ1) is 73.8. The Hall–Kier alpha value is -3.15. The fourth-order valence-corrected chi connectivity index (χ4v) is 9.70. The van der Waals surface area contributed by atoms with E-state index in [4.69, 9.17) is 14.2 Å². The van der Waals surface area contributed by atoms with Gasteiger partial charge in [-0.05, 0) is 89.9 Å². The molecule has 1 atom stereocenters. The van der Waals surface area contributed by atoms with Gasteiger partial charge in [0, 0.05) is 19.3 Å². The third-order valence-corrected chi connectivity index (χ3v) is 14.7. The van der Waals surface area contributed by atoms with Crippen molar-refractivity contribution in [2.24, 2.45) is 0 Å². The number of carbonyl (C=O) groups excluding carboxylic acids is 3. The van der Waals surface area contributed by atoms with Crippen molar-refractivity contribution in [1.82, 2.24) is 0 Å². The minimum Gasteiger partial charge on any atom is -0.462 e. The Labute approximate surface area is 478 Å². The quantitative estimate of drug-likeness (QED) is 0.0261. The summed E-state index contributed by atoms with van der Waals surface area (Å²) in [5.41, 5.74) is 0. The maximum atomic E-state index is 12.9. The smallest absolute Gasteiger partial charge is 0.306 e. The van der Waals surface area contributed by atoms with Gasteiger partial charge >= 0.3 is 17.9 Å². The fraction of sp³-hybridized carbons (Fsp3) is 0.789. The van der Waals surface area contributed by atoms with Gasteiger partial charge in [-0.25, -0.2) is 0 Å². The molecular weight excluding hydrogens is 949 g/mol. The molecule has 446 valence electrons. The Morgan fingerprint density at radius 2 is 0.506 bits per heavy atom. The number of allylic oxidation sites excluding steroid dienone is 12. The van der Waals surface area contributed by atoms with Crippen molar-refractivity contribution >= 4 is 17.9 Å². The molecule has 0 amide bonds. The molecule has 0 rings (SSSR count). The van der Waals surface area contributed by atoms with Gasteiger partial charge in [0.1, 0.15) is 13.2 Å². The first-order chi connectivity index (χ1) is 38.0. The van der Waals surface area contributed by atoms with E-state index >= 15 is 0 Å². The van der Waals surface area contributed by atoms with E-state index < -0.39 is 6.10 Å². The lowest BCUT2D eigenvalue weighted by Gasteiger charge is -2.18. The van der Waals surface area contributed by atoms with Crippen LogP contribution in [0.4, 0.5) is 0 Å². The predicted octanol–water partition coefficient (Wildman–Crippen LogP) is 22.9. The van der Waals surface area contributed by atoms with E-state index in [0.29, 0.717) is 19.3 Å². The molecule has 1 unspecified atom stereocenters. The molecule has 0 aliphatic rings. The van der Waals surface area contributed by atoms with Crippen molar-refractivity contribution in [2.75, 3.05) is 13.2 Å². The number of ether oxygens (including phenoxy) is 3. The fourth-order valence-electron chi connectivity index (χ4n) is 9.70. The summed E-state index contributed by atoms with van der Waals surface area (Å²) in [5.74, 6) is -0.887. The van der Waals surface area contributed by atoms with Crippen LogP contribution in [0.25, 0.3) is 0 Å². The minimum absolute atomic E-state index is 0.0823. The van der Waals surface area contributed by atoms with E-state index in [1.165, 1.54) is 186 Å². The third kappa shape index (κ3) is 63.6. The maximum Gasteiger partial charge on any atom is 0.306 e. The molecule has 0 heterocycles. The molecule has 0 saturated carbocycles. The molecule has 0 aromatic rings. The number of esters is 3. The lowest BCUT2D eigenvalue weighted by atomic mass is 10.0. The van der Waals surface area contributed by atoms with Crippen LogP contribution in [0.3, 0.4) is 0 Å². The van der Waals surface area contributed by atoms with Crippen molar-refractivity contribution < 1.29 is 28.6 Å². The van der Waals surface area contributed by atoms with Crippen molar-refractivity contribution in [3.05, 3.63) is 72.9 Å². The van der Waals surface area contributed by atoms with Gasteiger partial charge < -0.3 is 14.2 Å². The molecule has 6 nitrogen and oxygen atoms in total. The molecule has 0 radical (unpaired) electrons. The van der Waals surface area contributed by atoms with Crippen LogP contribution in [-0.2, 0) is 28.6 Å². The minimum atomic E-state index is -0.786. The number of hydrogen-bond donors (Lipinski definition) is 0. The van der Waals surface area contributed by atoms with Crippen molar-refractivity contribution in [3.63, 3.8) is 0 Å². The van der Waals surface area contributed by atoms with Gasteiger partial charge in [-0.1, -0.05) is 306 Å². The van der Waals surface area contributed by atoms with Crippen LogP contribution in [0.15, 0.2) is 72.9 Å². The molecule has 0 N–H and O–H groups in total. The van der Waals surface area contributed by atoms with Crippen molar-refractivity contribution in [2.45, 2.75) is 348 Å². The van der Waals surface area contributed by atoms with Gasteiger partial charge in [0.2, 0.25) is 0 Å². The van der Waals surface area contributed by atoms with E-state index in [1.54, 1.807) is 0 Å². The summed E-state index contributed by atoms with van der Waals surface area (Å²) in [6.07, 6.45) is 84.8.